The Morgan fingerprint density at radius 1 is 1.27 bits per heavy atom. The third-order valence-electron chi connectivity index (χ3n) is 4.59. The molecular weight excluding hydrogens is 415 g/mol. The molecule has 1 aromatic heterocycles. The van der Waals surface area contributed by atoms with E-state index in [1.165, 1.54) is 23.9 Å². The summed E-state index contributed by atoms with van der Waals surface area (Å²) in [4.78, 5) is 14.4. The van der Waals surface area contributed by atoms with Crippen LogP contribution in [-0.2, 0) is 17.5 Å². The van der Waals surface area contributed by atoms with Crippen molar-refractivity contribution in [1.82, 2.24) is 19.7 Å². The number of thioether (sulfide) groups is 1. The number of anilines is 1. The second kappa shape index (κ2) is 10.8. The van der Waals surface area contributed by atoms with Crippen molar-refractivity contribution in [2.45, 2.75) is 57.0 Å². The van der Waals surface area contributed by atoms with Gasteiger partial charge in [0.25, 0.3) is 0 Å². The third kappa shape index (κ3) is 6.46. The summed E-state index contributed by atoms with van der Waals surface area (Å²) in [5, 5.41) is 11.8. The van der Waals surface area contributed by atoms with Crippen LogP contribution in [0.25, 0.3) is 0 Å². The number of rotatable bonds is 10. The molecule has 166 valence electrons. The molecule has 0 bridgehead atoms. The molecule has 0 aliphatic heterocycles. The van der Waals surface area contributed by atoms with E-state index < -0.39 is 17.6 Å². The van der Waals surface area contributed by atoms with Gasteiger partial charge in [0.05, 0.1) is 17.4 Å². The van der Waals surface area contributed by atoms with Gasteiger partial charge >= 0.3 is 6.18 Å². The van der Waals surface area contributed by atoms with Crippen molar-refractivity contribution in [1.29, 1.82) is 0 Å². The molecule has 1 unspecified atom stereocenters. The number of nitrogens with zero attached hydrogens (tertiary/aromatic N) is 4. The molecule has 1 N–H and O–H groups in total. The van der Waals surface area contributed by atoms with Crippen molar-refractivity contribution in [3.8, 4) is 0 Å². The van der Waals surface area contributed by atoms with Gasteiger partial charge in [0.15, 0.2) is 11.0 Å². The van der Waals surface area contributed by atoms with E-state index in [1.807, 2.05) is 18.7 Å². The quantitative estimate of drug-likeness (QED) is 0.533. The van der Waals surface area contributed by atoms with Crippen molar-refractivity contribution < 1.29 is 18.0 Å². The number of halogens is 3. The van der Waals surface area contributed by atoms with Gasteiger partial charge in [0.1, 0.15) is 0 Å². The Morgan fingerprint density at radius 2 is 2.00 bits per heavy atom. The summed E-state index contributed by atoms with van der Waals surface area (Å²) in [5.41, 5.74) is -0.687. The van der Waals surface area contributed by atoms with Crippen LogP contribution < -0.4 is 5.32 Å². The zero-order chi connectivity index (χ0) is 22.3. The van der Waals surface area contributed by atoms with Gasteiger partial charge in [-0.2, -0.15) is 13.2 Å². The van der Waals surface area contributed by atoms with E-state index >= 15 is 0 Å². The maximum absolute atomic E-state index is 12.8. The highest BCUT2D eigenvalue weighted by molar-refractivity contribution is 7.99. The summed E-state index contributed by atoms with van der Waals surface area (Å²) < 4.78 is 40.6. The number of benzene rings is 1. The SMILES string of the molecule is CCCCn1c(SCC(=O)Nc2cccc(C(F)(F)F)c2)nnc1C(CC)N(C)C. The fourth-order valence-corrected chi connectivity index (χ4v) is 3.83. The lowest BCUT2D eigenvalue weighted by Crippen LogP contribution is -2.23. The van der Waals surface area contributed by atoms with Gasteiger partial charge in [0.2, 0.25) is 5.91 Å². The first kappa shape index (κ1) is 24.2. The van der Waals surface area contributed by atoms with Gasteiger partial charge in [-0.25, -0.2) is 0 Å². The Labute approximate surface area is 179 Å². The fourth-order valence-electron chi connectivity index (χ4n) is 3.06. The summed E-state index contributed by atoms with van der Waals surface area (Å²) in [5.74, 6) is 0.488. The summed E-state index contributed by atoms with van der Waals surface area (Å²) in [7, 11) is 3.98. The van der Waals surface area contributed by atoms with Gasteiger partial charge in [-0.05, 0) is 45.1 Å². The zero-order valence-electron chi connectivity index (χ0n) is 17.7. The van der Waals surface area contributed by atoms with E-state index in [4.69, 9.17) is 0 Å². The van der Waals surface area contributed by atoms with Crippen molar-refractivity contribution >= 4 is 23.4 Å². The summed E-state index contributed by atoms with van der Waals surface area (Å²) in [6.45, 7) is 4.93. The van der Waals surface area contributed by atoms with Crippen LogP contribution in [0.3, 0.4) is 0 Å². The summed E-state index contributed by atoms with van der Waals surface area (Å²) in [6.07, 6.45) is -1.61. The molecule has 10 heteroatoms. The molecule has 0 aliphatic carbocycles. The summed E-state index contributed by atoms with van der Waals surface area (Å²) in [6, 6.07) is 4.71. The first-order valence-electron chi connectivity index (χ1n) is 9.86. The largest absolute Gasteiger partial charge is 0.416 e. The second-order valence-electron chi connectivity index (χ2n) is 7.15. The van der Waals surface area contributed by atoms with Crippen molar-refractivity contribution in [2.75, 3.05) is 25.2 Å². The van der Waals surface area contributed by atoms with Gasteiger partial charge in [0, 0.05) is 12.2 Å². The summed E-state index contributed by atoms with van der Waals surface area (Å²) >= 11 is 1.23. The number of carbonyl (C=O) groups is 1. The minimum Gasteiger partial charge on any atom is -0.325 e. The van der Waals surface area contributed by atoms with Crippen LogP contribution >= 0.6 is 11.8 Å². The number of hydrogen-bond acceptors (Lipinski definition) is 5. The number of aromatic nitrogens is 3. The smallest absolute Gasteiger partial charge is 0.325 e. The maximum Gasteiger partial charge on any atom is 0.416 e. The van der Waals surface area contributed by atoms with Crippen LogP contribution in [0, 0.1) is 0 Å². The van der Waals surface area contributed by atoms with E-state index in [-0.39, 0.29) is 17.5 Å². The minimum atomic E-state index is -4.45. The molecule has 2 rings (SSSR count). The Bertz CT molecular complexity index is 838. The van der Waals surface area contributed by atoms with Crippen LogP contribution in [0.1, 0.15) is 50.5 Å². The highest BCUT2D eigenvalue weighted by Gasteiger charge is 2.30. The number of alkyl halides is 3. The number of nitrogens with one attached hydrogen (secondary N) is 1. The van der Waals surface area contributed by atoms with E-state index in [9.17, 15) is 18.0 Å². The molecule has 0 fully saturated rings. The Balaban J connectivity index is 2.09. The van der Waals surface area contributed by atoms with Crippen molar-refractivity contribution in [3.63, 3.8) is 0 Å². The molecule has 0 saturated heterocycles. The molecule has 0 spiro atoms. The molecule has 1 atom stereocenters. The predicted molar refractivity (Wildman–Crippen MR) is 112 cm³/mol. The Morgan fingerprint density at radius 3 is 2.60 bits per heavy atom. The predicted octanol–water partition coefficient (Wildman–Crippen LogP) is 4.84. The van der Waals surface area contributed by atoms with Crippen molar-refractivity contribution in [2.24, 2.45) is 0 Å². The molecular formula is C20H28F3N5OS. The van der Waals surface area contributed by atoms with E-state index in [1.54, 1.807) is 0 Å². The molecule has 1 aromatic carbocycles. The molecule has 1 amide bonds. The fraction of sp³-hybridized carbons (Fsp3) is 0.550. The molecule has 1 heterocycles. The monoisotopic (exact) mass is 443 g/mol. The van der Waals surface area contributed by atoms with E-state index in [2.05, 4.69) is 34.3 Å². The van der Waals surface area contributed by atoms with Gasteiger partial charge < -0.3 is 9.88 Å². The lowest BCUT2D eigenvalue weighted by atomic mass is 10.2. The van der Waals surface area contributed by atoms with E-state index in [0.717, 1.165) is 43.8 Å². The number of amides is 1. The molecule has 6 nitrogen and oxygen atoms in total. The first-order chi connectivity index (χ1) is 14.2. The zero-order valence-corrected chi connectivity index (χ0v) is 18.5. The van der Waals surface area contributed by atoms with Crippen LogP contribution in [0.5, 0.6) is 0 Å². The number of carbonyl (C=O) groups excluding carboxylic acids is 1. The van der Waals surface area contributed by atoms with Crippen LogP contribution in [0.15, 0.2) is 29.4 Å². The lowest BCUT2D eigenvalue weighted by Gasteiger charge is -2.23. The highest BCUT2D eigenvalue weighted by atomic mass is 32.2. The second-order valence-corrected chi connectivity index (χ2v) is 8.09. The maximum atomic E-state index is 12.8. The standard InChI is InChI=1S/C20H28F3N5OS/c1-5-7-11-28-18(16(6-2)27(3)4)25-26-19(28)30-13-17(29)24-15-10-8-9-14(12-15)20(21,22)23/h8-10,12,16H,5-7,11,13H2,1-4H3,(H,24,29). The Kier molecular flexibility index (Phi) is 8.72. The van der Waals surface area contributed by atoms with Crippen LogP contribution in [0.2, 0.25) is 0 Å². The Hall–Kier alpha value is -2.07. The van der Waals surface area contributed by atoms with Gasteiger partial charge in [-0.15, -0.1) is 10.2 Å². The molecule has 0 aliphatic rings. The minimum absolute atomic E-state index is 0.0270. The third-order valence-corrected chi connectivity index (χ3v) is 5.56. The highest BCUT2D eigenvalue weighted by Crippen LogP contribution is 2.31. The number of hydrogen-bond donors (Lipinski definition) is 1. The van der Waals surface area contributed by atoms with Gasteiger partial charge in [-0.3, -0.25) is 9.69 Å². The average Bonchev–Trinajstić information content (AvgIpc) is 3.07. The lowest BCUT2D eigenvalue weighted by molar-refractivity contribution is -0.137. The number of unbranched alkanes of at least 4 members (excludes halogenated alkanes) is 1. The topological polar surface area (TPSA) is 63.1 Å². The normalized spacial score (nSPS) is 12.9. The van der Waals surface area contributed by atoms with Crippen molar-refractivity contribution in [3.05, 3.63) is 35.7 Å². The molecule has 0 radical (unpaired) electrons. The van der Waals surface area contributed by atoms with E-state index in [0.29, 0.717) is 5.16 Å². The molecule has 30 heavy (non-hydrogen) atoms. The average molecular weight is 444 g/mol. The molecule has 0 saturated carbocycles. The molecule has 2 aromatic rings. The van der Waals surface area contributed by atoms with Crippen LogP contribution in [-0.4, -0.2) is 45.4 Å². The van der Waals surface area contributed by atoms with Gasteiger partial charge in [-0.1, -0.05) is 38.1 Å². The van der Waals surface area contributed by atoms with Crippen LogP contribution in [0.4, 0.5) is 18.9 Å². The first-order valence-corrected chi connectivity index (χ1v) is 10.8.